The van der Waals surface area contributed by atoms with Crippen LogP contribution in [0.15, 0.2) is 0 Å². The summed E-state index contributed by atoms with van der Waals surface area (Å²) in [6.07, 6.45) is 5.46. The summed E-state index contributed by atoms with van der Waals surface area (Å²) in [4.78, 5) is 35.8. The number of esters is 2. The van der Waals surface area contributed by atoms with E-state index in [4.69, 9.17) is 9.47 Å². The molecule has 1 unspecified atom stereocenters. The zero-order valence-electron chi connectivity index (χ0n) is 15.0. The predicted molar refractivity (Wildman–Crippen MR) is 88.1 cm³/mol. The Morgan fingerprint density at radius 2 is 1.92 bits per heavy atom. The number of carbonyl (C=O) groups is 3. The average Bonchev–Trinajstić information content (AvgIpc) is 2.82. The molecule has 0 bridgehead atoms. The van der Waals surface area contributed by atoms with Crippen LogP contribution in [0, 0.1) is 5.92 Å². The topological polar surface area (TPSA) is 81.7 Å². The summed E-state index contributed by atoms with van der Waals surface area (Å²) in [5.41, 5.74) is -1.04. The molecule has 2 aliphatic rings. The lowest BCUT2D eigenvalue weighted by molar-refractivity contribution is -0.157. The quantitative estimate of drug-likeness (QED) is 0.778. The number of carbonyl (C=O) groups excluding carboxylic acids is 3. The molecule has 2 rings (SSSR count). The number of hydrogen-bond donors (Lipinski definition) is 1. The molecule has 0 radical (unpaired) electrons. The van der Waals surface area contributed by atoms with Crippen molar-refractivity contribution in [3.63, 3.8) is 0 Å². The second-order valence-electron chi connectivity index (χ2n) is 8.11. The Hall–Kier alpha value is -1.59. The van der Waals surface area contributed by atoms with Gasteiger partial charge in [-0.3, -0.25) is 14.4 Å². The molecule has 1 aliphatic heterocycles. The van der Waals surface area contributed by atoms with E-state index in [0.29, 0.717) is 13.0 Å². The third kappa shape index (κ3) is 5.80. The zero-order chi connectivity index (χ0) is 17.8. The first-order valence-corrected chi connectivity index (χ1v) is 8.86. The molecule has 2 fully saturated rings. The highest BCUT2D eigenvalue weighted by atomic mass is 16.6. The Labute approximate surface area is 143 Å². The van der Waals surface area contributed by atoms with Gasteiger partial charge in [0.15, 0.2) is 0 Å². The zero-order valence-corrected chi connectivity index (χ0v) is 15.0. The van der Waals surface area contributed by atoms with Crippen LogP contribution in [0.25, 0.3) is 0 Å². The molecule has 6 nitrogen and oxygen atoms in total. The summed E-state index contributed by atoms with van der Waals surface area (Å²) in [6.45, 7) is 5.84. The van der Waals surface area contributed by atoms with Gasteiger partial charge in [0.2, 0.25) is 5.91 Å². The van der Waals surface area contributed by atoms with Crippen molar-refractivity contribution in [1.82, 2.24) is 5.32 Å². The minimum absolute atomic E-state index is 0.0559. The van der Waals surface area contributed by atoms with Gasteiger partial charge in [-0.1, -0.05) is 19.3 Å². The van der Waals surface area contributed by atoms with Crippen molar-refractivity contribution < 1.29 is 23.9 Å². The summed E-state index contributed by atoms with van der Waals surface area (Å²) >= 11 is 0. The standard InChI is InChI=1S/C18H29NO5/c1-17(2,3)24-16(22)11-18(7-5-4-6-8-18)19-14(20)9-13-10-15(21)23-12-13/h13H,4-12H2,1-3H3,(H,19,20). The first-order valence-electron chi connectivity index (χ1n) is 8.86. The van der Waals surface area contributed by atoms with Crippen LogP contribution in [0.1, 0.15) is 72.1 Å². The van der Waals surface area contributed by atoms with Gasteiger partial charge in [0.25, 0.3) is 0 Å². The van der Waals surface area contributed by atoms with Crippen LogP contribution in [0.2, 0.25) is 0 Å². The minimum atomic E-state index is -0.529. The summed E-state index contributed by atoms with van der Waals surface area (Å²) < 4.78 is 10.3. The minimum Gasteiger partial charge on any atom is -0.465 e. The molecule has 1 aliphatic carbocycles. The second kappa shape index (κ2) is 7.53. The van der Waals surface area contributed by atoms with E-state index in [9.17, 15) is 14.4 Å². The summed E-state index contributed by atoms with van der Waals surface area (Å²) in [5.74, 6) is -0.679. The number of nitrogens with one attached hydrogen (secondary N) is 1. The number of cyclic esters (lactones) is 1. The van der Waals surface area contributed by atoms with Crippen molar-refractivity contribution in [3.8, 4) is 0 Å². The van der Waals surface area contributed by atoms with Crippen LogP contribution in [-0.4, -0.2) is 35.6 Å². The van der Waals surface area contributed by atoms with Gasteiger partial charge in [-0.25, -0.2) is 0 Å². The highest BCUT2D eigenvalue weighted by molar-refractivity contribution is 5.80. The van der Waals surface area contributed by atoms with Crippen LogP contribution < -0.4 is 5.32 Å². The van der Waals surface area contributed by atoms with Crippen LogP contribution in [0.4, 0.5) is 0 Å². The third-order valence-corrected chi connectivity index (χ3v) is 4.53. The maximum Gasteiger partial charge on any atom is 0.308 e. The van der Waals surface area contributed by atoms with E-state index in [0.717, 1.165) is 32.1 Å². The van der Waals surface area contributed by atoms with Gasteiger partial charge in [0.05, 0.1) is 25.0 Å². The fraction of sp³-hybridized carbons (Fsp3) is 0.833. The van der Waals surface area contributed by atoms with E-state index >= 15 is 0 Å². The Kier molecular flexibility index (Phi) is 5.88. The molecule has 1 atom stereocenters. The maximum atomic E-state index is 12.4. The lowest BCUT2D eigenvalue weighted by atomic mass is 9.79. The Balaban J connectivity index is 1.95. The summed E-state index contributed by atoms with van der Waals surface area (Å²) in [5, 5.41) is 3.08. The average molecular weight is 339 g/mol. The van der Waals surface area contributed by atoms with E-state index < -0.39 is 11.1 Å². The smallest absolute Gasteiger partial charge is 0.308 e. The molecule has 1 saturated carbocycles. The van der Waals surface area contributed by atoms with Crippen molar-refractivity contribution in [1.29, 1.82) is 0 Å². The van der Waals surface area contributed by atoms with E-state index in [-0.39, 0.29) is 36.6 Å². The van der Waals surface area contributed by atoms with Crippen molar-refractivity contribution in [2.75, 3.05) is 6.61 Å². The number of rotatable bonds is 5. The monoisotopic (exact) mass is 339 g/mol. The van der Waals surface area contributed by atoms with Gasteiger partial charge < -0.3 is 14.8 Å². The number of ether oxygens (including phenoxy) is 2. The van der Waals surface area contributed by atoms with Crippen LogP contribution in [0.5, 0.6) is 0 Å². The largest absolute Gasteiger partial charge is 0.465 e. The van der Waals surface area contributed by atoms with Gasteiger partial charge in [-0.15, -0.1) is 0 Å². The molecule has 1 saturated heterocycles. The molecule has 1 N–H and O–H groups in total. The molecular weight excluding hydrogens is 310 g/mol. The lowest BCUT2D eigenvalue weighted by Gasteiger charge is -2.38. The van der Waals surface area contributed by atoms with Gasteiger partial charge in [-0.05, 0) is 33.6 Å². The fourth-order valence-corrected chi connectivity index (χ4v) is 3.53. The molecular formula is C18H29NO5. The van der Waals surface area contributed by atoms with Crippen molar-refractivity contribution in [2.45, 2.75) is 83.3 Å². The molecule has 0 aromatic heterocycles. The molecule has 6 heteroatoms. The van der Waals surface area contributed by atoms with Crippen molar-refractivity contribution in [2.24, 2.45) is 5.92 Å². The predicted octanol–water partition coefficient (Wildman–Crippen LogP) is 2.49. The normalized spacial score (nSPS) is 23.5. The first-order chi connectivity index (χ1) is 11.2. The molecule has 0 aromatic rings. The van der Waals surface area contributed by atoms with E-state index in [2.05, 4.69) is 5.32 Å². The second-order valence-corrected chi connectivity index (χ2v) is 8.11. The van der Waals surface area contributed by atoms with Gasteiger partial charge >= 0.3 is 11.9 Å². The van der Waals surface area contributed by atoms with Gasteiger partial charge in [0, 0.05) is 12.3 Å². The van der Waals surface area contributed by atoms with Crippen LogP contribution >= 0.6 is 0 Å². The Bertz CT molecular complexity index is 488. The molecule has 0 spiro atoms. The number of hydrogen-bond acceptors (Lipinski definition) is 5. The first kappa shape index (κ1) is 18.7. The molecule has 136 valence electrons. The Morgan fingerprint density at radius 3 is 2.46 bits per heavy atom. The number of amides is 1. The third-order valence-electron chi connectivity index (χ3n) is 4.53. The summed E-state index contributed by atoms with van der Waals surface area (Å²) in [7, 11) is 0. The summed E-state index contributed by atoms with van der Waals surface area (Å²) in [6, 6.07) is 0. The van der Waals surface area contributed by atoms with Crippen molar-refractivity contribution >= 4 is 17.8 Å². The van der Waals surface area contributed by atoms with E-state index in [1.165, 1.54) is 0 Å². The van der Waals surface area contributed by atoms with E-state index in [1.54, 1.807) is 0 Å². The Morgan fingerprint density at radius 1 is 1.25 bits per heavy atom. The van der Waals surface area contributed by atoms with Crippen LogP contribution in [-0.2, 0) is 23.9 Å². The van der Waals surface area contributed by atoms with Crippen molar-refractivity contribution in [3.05, 3.63) is 0 Å². The van der Waals surface area contributed by atoms with Gasteiger partial charge in [-0.2, -0.15) is 0 Å². The van der Waals surface area contributed by atoms with Crippen LogP contribution in [0.3, 0.4) is 0 Å². The SMILES string of the molecule is CC(C)(C)OC(=O)CC1(NC(=O)CC2COC(=O)C2)CCCCC1. The molecule has 0 aromatic carbocycles. The lowest BCUT2D eigenvalue weighted by Crippen LogP contribution is -2.52. The maximum absolute atomic E-state index is 12.4. The molecule has 1 heterocycles. The van der Waals surface area contributed by atoms with Gasteiger partial charge in [0.1, 0.15) is 5.60 Å². The highest BCUT2D eigenvalue weighted by Crippen LogP contribution is 2.32. The molecule has 1 amide bonds. The van der Waals surface area contributed by atoms with E-state index in [1.807, 2.05) is 20.8 Å². The fourth-order valence-electron chi connectivity index (χ4n) is 3.53. The highest BCUT2D eigenvalue weighted by Gasteiger charge is 2.38. The molecule has 24 heavy (non-hydrogen) atoms.